The summed E-state index contributed by atoms with van der Waals surface area (Å²) in [6.45, 7) is 2.22. The van der Waals surface area contributed by atoms with Crippen LogP contribution in [0.15, 0.2) is 24.4 Å². The second-order valence-electron chi connectivity index (χ2n) is 6.03. The number of aromatic nitrogens is 1. The molecule has 0 saturated heterocycles. The van der Waals surface area contributed by atoms with E-state index in [0.29, 0.717) is 12.0 Å². The van der Waals surface area contributed by atoms with Crippen molar-refractivity contribution in [1.82, 2.24) is 4.57 Å². The highest BCUT2D eigenvalue weighted by Crippen LogP contribution is 2.31. The van der Waals surface area contributed by atoms with Gasteiger partial charge in [-0.15, -0.1) is 0 Å². The van der Waals surface area contributed by atoms with E-state index in [9.17, 15) is 0 Å². The van der Waals surface area contributed by atoms with Gasteiger partial charge in [0.1, 0.15) is 0 Å². The summed E-state index contributed by atoms with van der Waals surface area (Å²) in [5.41, 5.74) is 10.5. The second kappa shape index (κ2) is 5.01. The Morgan fingerprint density at radius 3 is 2.84 bits per heavy atom. The Morgan fingerprint density at radius 2 is 2.16 bits per heavy atom. The number of benzene rings is 1. The SMILES string of the molecule is CCc1ccc2c(c1)c(CC1CCCC1N)cn2C. The van der Waals surface area contributed by atoms with Crippen molar-refractivity contribution in [2.24, 2.45) is 18.7 Å². The zero-order valence-electron chi connectivity index (χ0n) is 12.0. The molecule has 3 rings (SSSR count). The third-order valence-corrected chi connectivity index (χ3v) is 4.74. The Labute approximate surface area is 115 Å². The zero-order chi connectivity index (χ0) is 13.4. The molecule has 19 heavy (non-hydrogen) atoms. The van der Waals surface area contributed by atoms with E-state index in [1.54, 1.807) is 0 Å². The van der Waals surface area contributed by atoms with Crippen LogP contribution in [-0.4, -0.2) is 10.6 Å². The van der Waals surface area contributed by atoms with Gasteiger partial charge >= 0.3 is 0 Å². The number of aryl methyl sites for hydroxylation is 2. The third kappa shape index (κ3) is 2.30. The molecule has 0 bridgehead atoms. The van der Waals surface area contributed by atoms with Crippen LogP contribution < -0.4 is 5.73 Å². The normalized spacial score (nSPS) is 23.3. The highest BCUT2D eigenvalue weighted by molar-refractivity contribution is 5.84. The molecule has 0 radical (unpaired) electrons. The largest absolute Gasteiger partial charge is 0.350 e. The van der Waals surface area contributed by atoms with Crippen LogP contribution in [0.25, 0.3) is 10.9 Å². The van der Waals surface area contributed by atoms with E-state index in [0.717, 1.165) is 12.8 Å². The van der Waals surface area contributed by atoms with Crippen molar-refractivity contribution >= 4 is 10.9 Å². The van der Waals surface area contributed by atoms with Gasteiger partial charge in [0.15, 0.2) is 0 Å². The molecule has 0 aliphatic heterocycles. The standard InChI is InChI=1S/C17H24N2/c1-3-12-7-8-17-15(9-12)14(11-19(17)2)10-13-5-4-6-16(13)18/h7-9,11,13,16H,3-6,10,18H2,1-2H3. The van der Waals surface area contributed by atoms with Gasteiger partial charge in [0.2, 0.25) is 0 Å². The lowest BCUT2D eigenvalue weighted by Gasteiger charge is -2.14. The fourth-order valence-electron chi connectivity index (χ4n) is 3.50. The van der Waals surface area contributed by atoms with Crippen molar-refractivity contribution in [2.75, 3.05) is 0 Å². The minimum Gasteiger partial charge on any atom is -0.350 e. The maximum Gasteiger partial charge on any atom is 0.0480 e. The summed E-state index contributed by atoms with van der Waals surface area (Å²) in [4.78, 5) is 0. The maximum absolute atomic E-state index is 6.23. The van der Waals surface area contributed by atoms with E-state index < -0.39 is 0 Å². The Morgan fingerprint density at radius 1 is 1.32 bits per heavy atom. The minimum atomic E-state index is 0.407. The highest BCUT2D eigenvalue weighted by Gasteiger charge is 2.25. The molecule has 2 heteroatoms. The Hall–Kier alpha value is -1.28. The molecule has 1 aromatic heterocycles. The van der Waals surface area contributed by atoms with Gasteiger partial charge < -0.3 is 10.3 Å². The van der Waals surface area contributed by atoms with Crippen LogP contribution in [0.1, 0.15) is 37.3 Å². The van der Waals surface area contributed by atoms with Gasteiger partial charge in [-0.25, -0.2) is 0 Å². The molecule has 102 valence electrons. The molecular formula is C17H24N2. The summed E-state index contributed by atoms with van der Waals surface area (Å²) in [7, 11) is 2.14. The lowest BCUT2D eigenvalue weighted by Crippen LogP contribution is -2.25. The summed E-state index contributed by atoms with van der Waals surface area (Å²) in [6.07, 6.45) is 8.35. The Kier molecular flexibility index (Phi) is 3.36. The quantitative estimate of drug-likeness (QED) is 0.896. The first-order valence-corrected chi connectivity index (χ1v) is 7.51. The van der Waals surface area contributed by atoms with Gasteiger partial charge in [-0.3, -0.25) is 0 Å². The molecule has 2 aromatic rings. The number of nitrogens with two attached hydrogens (primary N) is 1. The number of rotatable bonds is 3. The van der Waals surface area contributed by atoms with Gasteiger partial charge in [0.25, 0.3) is 0 Å². The molecule has 2 atom stereocenters. The van der Waals surface area contributed by atoms with E-state index in [1.807, 2.05) is 0 Å². The molecule has 1 saturated carbocycles. The molecular weight excluding hydrogens is 232 g/mol. The molecule has 0 spiro atoms. The number of hydrogen-bond acceptors (Lipinski definition) is 1. The summed E-state index contributed by atoms with van der Waals surface area (Å²) in [5, 5.41) is 1.43. The molecule has 1 fully saturated rings. The van der Waals surface area contributed by atoms with Gasteiger partial charge in [0, 0.05) is 30.2 Å². The van der Waals surface area contributed by atoms with Gasteiger partial charge in [-0.1, -0.05) is 19.4 Å². The molecule has 2 nitrogen and oxygen atoms in total. The predicted octanol–water partition coefficient (Wildman–Crippen LogP) is 3.41. The first kappa shape index (κ1) is 12.7. The maximum atomic E-state index is 6.23. The minimum absolute atomic E-state index is 0.407. The van der Waals surface area contributed by atoms with Crippen LogP contribution in [0.2, 0.25) is 0 Å². The number of fused-ring (bicyclic) bond motifs is 1. The van der Waals surface area contributed by atoms with E-state index in [2.05, 4.69) is 42.9 Å². The fraction of sp³-hybridized carbons (Fsp3) is 0.529. The van der Waals surface area contributed by atoms with Crippen molar-refractivity contribution in [2.45, 2.75) is 45.1 Å². The van der Waals surface area contributed by atoms with Crippen molar-refractivity contribution in [3.8, 4) is 0 Å². The summed E-state index contributed by atoms with van der Waals surface area (Å²) in [5.74, 6) is 0.677. The summed E-state index contributed by atoms with van der Waals surface area (Å²) >= 11 is 0. The van der Waals surface area contributed by atoms with Gasteiger partial charge in [-0.05, 0) is 54.9 Å². The lowest BCUT2D eigenvalue weighted by atomic mass is 9.94. The first-order valence-electron chi connectivity index (χ1n) is 7.51. The highest BCUT2D eigenvalue weighted by atomic mass is 14.9. The average Bonchev–Trinajstić information content (AvgIpc) is 2.95. The molecule has 1 aliphatic carbocycles. The van der Waals surface area contributed by atoms with E-state index in [1.165, 1.54) is 41.3 Å². The van der Waals surface area contributed by atoms with Crippen LogP contribution in [-0.2, 0) is 19.9 Å². The Balaban J connectivity index is 1.98. The van der Waals surface area contributed by atoms with Crippen LogP contribution in [0.4, 0.5) is 0 Å². The second-order valence-corrected chi connectivity index (χ2v) is 6.03. The topological polar surface area (TPSA) is 30.9 Å². The van der Waals surface area contributed by atoms with Crippen molar-refractivity contribution < 1.29 is 0 Å². The monoisotopic (exact) mass is 256 g/mol. The van der Waals surface area contributed by atoms with Crippen LogP contribution in [0.5, 0.6) is 0 Å². The average molecular weight is 256 g/mol. The molecule has 1 heterocycles. The van der Waals surface area contributed by atoms with Crippen LogP contribution in [0, 0.1) is 5.92 Å². The van der Waals surface area contributed by atoms with E-state index in [4.69, 9.17) is 5.73 Å². The van der Waals surface area contributed by atoms with E-state index in [-0.39, 0.29) is 0 Å². The zero-order valence-corrected chi connectivity index (χ0v) is 12.0. The molecule has 2 N–H and O–H groups in total. The fourth-order valence-corrected chi connectivity index (χ4v) is 3.50. The van der Waals surface area contributed by atoms with Crippen LogP contribution >= 0.6 is 0 Å². The third-order valence-electron chi connectivity index (χ3n) is 4.74. The van der Waals surface area contributed by atoms with E-state index >= 15 is 0 Å². The summed E-state index contributed by atoms with van der Waals surface area (Å²) in [6, 6.07) is 7.27. The lowest BCUT2D eigenvalue weighted by molar-refractivity contribution is 0.480. The smallest absolute Gasteiger partial charge is 0.0480 e. The Bertz CT molecular complexity index is 582. The molecule has 0 amide bonds. The predicted molar refractivity (Wildman–Crippen MR) is 81.3 cm³/mol. The number of nitrogens with zero attached hydrogens (tertiary/aromatic N) is 1. The first-order chi connectivity index (χ1) is 9.19. The van der Waals surface area contributed by atoms with Crippen molar-refractivity contribution in [3.63, 3.8) is 0 Å². The van der Waals surface area contributed by atoms with Gasteiger partial charge in [0.05, 0.1) is 0 Å². The van der Waals surface area contributed by atoms with Gasteiger partial charge in [-0.2, -0.15) is 0 Å². The molecule has 1 aliphatic rings. The summed E-state index contributed by atoms with van der Waals surface area (Å²) < 4.78 is 2.25. The van der Waals surface area contributed by atoms with Crippen molar-refractivity contribution in [1.29, 1.82) is 0 Å². The number of hydrogen-bond donors (Lipinski definition) is 1. The molecule has 2 unspecified atom stereocenters. The van der Waals surface area contributed by atoms with Crippen molar-refractivity contribution in [3.05, 3.63) is 35.5 Å². The van der Waals surface area contributed by atoms with Crippen LogP contribution in [0.3, 0.4) is 0 Å². The molecule has 1 aromatic carbocycles.